The molecule has 2 aliphatic rings. The third-order valence-corrected chi connectivity index (χ3v) is 8.12. The number of hydrogen-bond acceptors (Lipinski definition) is 5. The van der Waals surface area contributed by atoms with Crippen molar-refractivity contribution in [2.75, 3.05) is 11.9 Å². The summed E-state index contributed by atoms with van der Waals surface area (Å²) in [6, 6.07) is 12.1. The average Bonchev–Trinajstić information content (AvgIpc) is 3.36. The molecule has 38 heavy (non-hydrogen) atoms. The molecule has 0 unspecified atom stereocenters. The molecule has 4 rings (SSSR count). The first-order valence-corrected chi connectivity index (χ1v) is 13.8. The minimum absolute atomic E-state index is 0.116. The summed E-state index contributed by atoms with van der Waals surface area (Å²) in [6.07, 6.45) is 4.53. The van der Waals surface area contributed by atoms with Crippen LogP contribution in [0.15, 0.2) is 42.5 Å². The zero-order valence-electron chi connectivity index (χ0n) is 22.0. The van der Waals surface area contributed by atoms with E-state index in [-0.39, 0.29) is 27.4 Å². The minimum atomic E-state index is -1.13. The number of carbonyl (C=O) groups excluding carboxylic acids is 3. The van der Waals surface area contributed by atoms with Gasteiger partial charge in [0.15, 0.2) is 0 Å². The number of hydrogen-bond donors (Lipinski definition) is 3. The van der Waals surface area contributed by atoms with E-state index in [1.54, 1.807) is 30.3 Å². The van der Waals surface area contributed by atoms with Gasteiger partial charge in [-0.05, 0) is 82.8 Å². The van der Waals surface area contributed by atoms with Gasteiger partial charge in [-0.15, -0.1) is 0 Å². The maximum atomic E-state index is 13.6. The molecule has 0 saturated heterocycles. The highest BCUT2D eigenvalue weighted by molar-refractivity contribution is 6.40. The van der Waals surface area contributed by atoms with Gasteiger partial charge in [0, 0.05) is 11.6 Å². The predicted octanol–water partition coefficient (Wildman–Crippen LogP) is 5.84. The topological polar surface area (TPSA) is 111 Å². The Kier molecular flexibility index (Phi) is 8.12. The molecule has 9 heteroatoms. The smallest absolute Gasteiger partial charge is 0.333 e. The Balaban J connectivity index is 1.54. The van der Waals surface area contributed by atoms with E-state index in [1.165, 1.54) is 0 Å². The summed E-state index contributed by atoms with van der Waals surface area (Å²) in [5.41, 5.74) is 5.11. The van der Waals surface area contributed by atoms with Crippen LogP contribution in [0.1, 0.15) is 81.1 Å². The molecule has 2 atom stereocenters. The fraction of sp³-hybridized carbons (Fsp3) is 0.483. The van der Waals surface area contributed by atoms with Gasteiger partial charge in [-0.3, -0.25) is 9.59 Å². The van der Waals surface area contributed by atoms with Gasteiger partial charge in [0.25, 0.3) is 5.91 Å². The van der Waals surface area contributed by atoms with Gasteiger partial charge < -0.3 is 21.1 Å². The number of halogens is 2. The molecule has 0 heterocycles. The van der Waals surface area contributed by atoms with E-state index < -0.39 is 28.4 Å². The Morgan fingerprint density at radius 1 is 1.03 bits per heavy atom. The van der Waals surface area contributed by atoms with Crippen LogP contribution in [0.25, 0.3) is 0 Å². The van der Waals surface area contributed by atoms with Crippen molar-refractivity contribution in [3.05, 3.63) is 63.6 Å². The quantitative estimate of drug-likeness (QED) is 0.352. The summed E-state index contributed by atoms with van der Waals surface area (Å²) in [5, 5.41) is 6.45. The van der Waals surface area contributed by atoms with E-state index >= 15 is 0 Å². The molecule has 2 saturated carbocycles. The molecule has 2 amide bonds. The fourth-order valence-electron chi connectivity index (χ4n) is 5.41. The van der Waals surface area contributed by atoms with E-state index in [9.17, 15) is 14.4 Å². The van der Waals surface area contributed by atoms with Crippen LogP contribution in [0.4, 0.5) is 5.69 Å². The van der Waals surface area contributed by atoms with Crippen molar-refractivity contribution >= 4 is 46.7 Å². The molecule has 204 valence electrons. The largest absolute Gasteiger partial charge is 0.458 e. The van der Waals surface area contributed by atoms with E-state index in [0.29, 0.717) is 25.1 Å². The van der Waals surface area contributed by atoms with Crippen LogP contribution < -0.4 is 16.4 Å². The van der Waals surface area contributed by atoms with Crippen LogP contribution in [0.2, 0.25) is 10.0 Å². The normalized spacial score (nSPS) is 22.0. The van der Waals surface area contributed by atoms with Crippen LogP contribution in [0.5, 0.6) is 0 Å². The number of esters is 1. The van der Waals surface area contributed by atoms with Crippen LogP contribution in [-0.4, -0.2) is 35.5 Å². The second-order valence-corrected chi connectivity index (χ2v) is 12.2. The Bertz CT molecular complexity index is 1200. The predicted molar refractivity (Wildman–Crippen MR) is 150 cm³/mol. The Morgan fingerprint density at radius 3 is 2.18 bits per heavy atom. The lowest BCUT2D eigenvalue weighted by atomic mass is 9.81. The van der Waals surface area contributed by atoms with Crippen LogP contribution in [-0.2, 0) is 14.3 Å². The van der Waals surface area contributed by atoms with E-state index in [2.05, 4.69) is 10.6 Å². The van der Waals surface area contributed by atoms with Crippen molar-refractivity contribution < 1.29 is 19.1 Å². The molecule has 2 aromatic rings. The first-order chi connectivity index (χ1) is 17.9. The van der Waals surface area contributed by atoms with E-state index in [1.807, 2.05) is 32.9 Å². The lowest BCUT2D eigenvalue weighted by molar-refractivity contribution is -0.161. The average molecular weight is 561 g/mol. The van der Waals surface area contributed by atoms with Gasteiger partial charge in [-0.2, -0.15) is 0 Å². The van der Waals surface area contributed by atoms with Gasteiger partial charge in [-0.25, -0.2) is 4.79 Å². The maximum Gasteiger partial charge on any atom is 0.333 e. The lowest BCUT2D eigenvalue weighted by Gasteiger charge is -2.31. The first kappa shape index (κ1) is 28.4. The van der Waals surface area contributed by atoms with E-state index in [0.717, 1.165) is 31.2 Å². The molecule has 2 fully saturated rings. The maximum absolute atomic E-state index is 13.6. The van der Waals surface area contributed by atoms with Gasteiger partial charge in [0.1, 0.15) is 11.1 Å². The molecule has 0 aromatic heterocycles. The third-order valence-electron chi connectivity index (χ3n) is 7.49. The molecule has 0 aliphatic heterocycles. The molecular weight excluding hydrogens is 525 g/mol. The number of anilines is 1. The first-order valence-electron chi connectivity index (χ1n) is 13.0. The SMILES string of the molecule is CC(C)(C)OC(=O)[C@@]1(NC(=O)C2(CCN)CCCC2)C[C@@H]1c1ccc(NC(=O)c2c(Cl)cccc2Cl)cc1. The Labute approximate surface area is 233 Å². The zero-order chi connectivity index (χ0) is 27.7. The molecular formula is C29H35Cl2N3O4. The summed E-state index contributed by atoms with van der Waals surface area (Å²) in [4.78, 5) is 39.8. The Morgan fingerprint density at radius 2 is 1.63 bits per heavy atom. The minimum Gasteiger partial charge on any atom is -0.458 e. The van der Waals surface area contributed by atoms with Crippen LogP contribution >= 0.6 is 23.2 Å². The third kappa shape index (κ3) is 5.85. The number of carbonyl (C=O) groups is 3. The summed E-state index contributed by atoms with van der Waals surface area (Å²) < 4.78 is 5.76. The molecule has 2 aromatic carbocycles. The summed E-state index contributed by atoms with van der Waals surface area (Å²) in [5.74, 6) is -1.22. The molecule has 0 radical (unpaired) electrons. The highest BCUT2D eigenvalue weighted by Crippen LogP contribution is 2.54. The summed E-state index contributed by atoms with van der Waals surface area (Å²) in [7, 11) is 0. The molecule has 7 nitrogen and oxygen atoms in total. The number of rotatable bonds is 8. The van der Waals surface area contributed by atoms with Crippen LogP contribution in [0.3, 0.4) is 0 Å². The number of nitrogens with two attached hydrogens (primary N) is 1. The van der Waals surface area contributed by atoms with Gasteiger partial charge in [0.05, 0.1) is 21.0 Å². The molecule has 0 spiro atoms. The van der Waals surface area contributed by atoms with Crippen molar-refractivity contribution in [3.8, 4) is 0 Å². The highest BCUT2D eigenvalue weighted by atomic mass is 35.5. The number of nitrogens with one attached hydrogen (secondary N) is 2. The van der Waals surface area contributed by atoms with E-state index in [4.69, 9.17) is 33.7 Å². The lowest BCUT2D eigenvalue weighted by Crippen LogP contribution is -2.52. The van der Waals surface area contributed by atoms with Gasteiger partial charge in [-0.1, -0.05) is 54.2 Å². The summed E-state index contributed by atoms with van der Waals surface area (Å²) >= 11 is 12.3. The number of amides is 2. The van der Waals surface area contributed by atoms with Gasteiger partial charge in [0.2, 0.25) is 5.91 Å². The molecule has 0 bridgehead atoms. The molecule has 4 N–H and O–H groups in total. The van der Waals surface area contributed by atoms with Gasteiger partial charge >= 0.3 is 5.97 Å². The second-order valence-electron chi connectivity index (χ2n) is 11.4. The summed E-state index contributed by atoms with van der Waals surface area (Å²) in [6.45, 7) is 5.86. The van der Waals surface area contributed by atoms with Crippen molar-refractivity contribution in [3.63, 3.8) is 0 Å². The highest BCUT2D eigenvalue weighted by Gasteiger charge is 2.64. The van der Waals surface area contributed by atoms with Crippen molar-refractivity contribution in [2.24, 2.45) is 11.1 Å². The van der Waals surface area contributed by atoms with Crippen molar-refractivity contribution in [2.45, 2.75) is 76.4 Å². The van der Waals surface area contributed by atoms with Crippen molar-refractivity contribution in [1.29, 1.82) is 0 Å². The zero-order valence-corrected chi connectivity index (χ0v) is 23.5. The second kappa shape index (κ2) is 10.9. The molecule has 2 aliphatic carbocycles. The van der Waals surface area contributed by atoms with Crippen molar-refractivity contribution in [1.82, 2.24) is 5.32 Å². The van der Waals surface area contributed by atoms with Crippen LogP contribution in [0, 0.1) is 5.41 Å². The standard InChI is InChI=1S/C29H35Cl2N3O4/c1-27(2,3)38-26(37)29(34-25(36)28(15-16-32)13-4-5-14-28)17-20(29)18-9-11-19(12-10-18)33-24(35)23-21(30)7-6-8-22(23)31/h6-12,20H,4-5,13-17,32H2,1-3H3,(H,33,35)(H,34,36)/t20-,29-/m1/s1. The monoisotopic (exact) mass is 559 g/mol. The Hall–Kier alpha value is -2.61. The fourth-order valence-corrected chi connectivity index (χ4v) is 5.98. The number of ether oxygens (including phenoxy) is 1. The number of benzene rings is 2.